The molecular weight excluding hydrogens is 352 g/mol. The number of aromatic nitrogens is 1. The lowest BCUT2D eigenvalue weighted by atomic mass is 10.2. The molecule has 2 amide bonds. The second-order valence-corrected chi connectivity index (χ2v) is 6.11. The molecule has 3 aromatic rings. The topological polar surface area (TPSA) is 119 Å². The fourth-order valence-corrected chi connectivity index (χ4v) is 2.70. The molecule has 0 aliphatic heterocycles. The first-order valence-electron chi connectivity index (χ1n) is 8.22. The molecule has 2 N–H and O–H groups in total. The van der Waals surface area contributed by atoms with Crippen molar-refractivity contribution in [2.24, 2.45) is 7.05 Å². The van der Waals surface area contributed by atoms with Crippen molar-refractivity contribution in [1.29, 1.82) is 0 Å². The molecule has 0 aliphatic carbocycles. The van der Waals surface area contributed by atoms with E-state index >= 15 is 0 Å². The Balaban J connectivity index is 1.57. The predicted molar refractivity (Wildman–Crippen MR) is 97.2 cm³/mol. The summed E-state index contributed by atoms with van der Waals surface area (Å²) in [4.78, 5) is 34.4. The van der Waals surface area contributed by atoms with Gasteiger partial charge in [-0.1, -0.05) is 18.2 Å². The number of amides is 2. The summed E-state index contributed by atoms with van der Waals surface area (Å²) in [6.07, 6.45) is 1.23. The van der Waals surface area contributed by atoms with E-state index in [1.807, 2.05) is 30.3 Å². The first-order chi connectivity index (χ1) is 12.8. The lowest BCUT2D eigenvalue weighted by molar-refractivity contribution is -0.384. The fourth-order valence-electron chi connectivity index (χ4n) is 2.70. The third-order valence-electron chi connectivity index (χ3n) is 4.09. The molecule has 2 heterocycles. The van der Waals surface area contributed by atoms with Crippen LogP contribution in [0.4, 0.5) is 5.69 Å². The first-order valence-corrected chi connectivity index (χ1v) is 8.22. The smallest absolute Gasteiger partial charge is 0.287 e. The highest BCUT2D eigenvalue weighted by molar-refractivity contribution is 5.96. The Hall–Kier alpha value is -3.62. The van der Waals surface area contributed by atoms with Crippen LogP contribution in [-0.4, -0.2) is 27.8 Å². The molecule has 0 saturated heterocycles. The highest BCUT2D eigenvalue weighted by Crippen LogP contribution is 2.23. The minimum absolute atomic E-state index is 0.0971. The molecule has 3 rings (SSSR count). The van der Waals surface area contributed by atoms with Crippen LogP contribution in [-0.2, 0) is 11.8 Å². The van der Waals surface area contributed by atoms with Gasteiger partial charge in [0.25, 0.3) is 11.6 Å². The van der Waals surface area contributed by atoms with Crippen molar-refractivity contribution < 1.29 is 18.9 Å². The van der Waals surface area contributed by atoms with E-state index in [9.17, 15) is 19.7 Å². The molecule has 140 valence electrons. The second kappa shape index (κ2) is 7.32. The lowest BCUT2D eigenvalue weighted by Crippen LogP contribution is -2.38. The molecule has 0 spiro atoms. The number of aryl methyl sites for hydroxylation is 1. The van der Waals surface area contributed by atoms with E-state index in [-0.39, 0.29) is 24.0 Å². The quantitative estimate of drug-likeness (QED) is 0.510. The van der Waals surface area contributed by atoms with Crippen molar-refractivity contribution in [2.45, 2.75) is 13.0 Å². The molecule has 0 saturated carbocycles. The summed E-state index contributed by atoms with van der Waals surface area (Å²) in [7, 11) is 1.52. The molecule has 27 heavy (non-hydrogen) atoms. The van der Waals surface area contributed by atoms with Crippen molar-refractivity contribution in [2.75, 3.05) is 6.54 Å². The summed E-state index contributed by atoms with van der Waals surface area (Å²) in [5, 5.41) is 16.9. The van der Waals surface area contributed by atoms with Crippen molar-refractivity contribution in [3.63, 3.8) is 0 Å². The van der Waals surface area contributed by atoms with Gasteiger partial charge in [0.2, 0.25) is 5.91 Å². The zero-order chi connectivity index (χ0) is 19.6. The van der Waals surface area contributed by atoms with Gasteiger partial charge >= 0.3 is 0 Å². The molecule has 2 aromatic heterocycles. The molecule has 0 aliphatic rings. The Kier molecular flexibility index (Phi) is 4.93. The summed E-state index contributed by atoms with van der Waals surface area (Å²) in [5.41, 5.74) is 0.637. The van der Waals surface area contributed by atoms with Gasteiger partial charge in [0, 0.05) is 18.5 Å². The van der Waals surface area contributed by atoms with Gasteiger partial charge in [-0.05, 0) is 19.1 Å². The van der Waals surface area contributed by atoms with Crippen LogP contribution in [0.15, 0.2) is 47.0 Å². The SMILES string of the molecule is CC(NC(=O)CNC(=O)c1cc([N+](=O)[O-])cn1C)c1cc2ccccc2o1. The molecule has 0 bridgehead atoms. The largest absolute Gasteiger partial charge is 0.459 e. The number of nitrogens with zero attached hydrogens (tertiary/aromatic N) is 2. The number of para-hydroxylation sites is 1. The Bertz CT molecular complexity index is 987. The zero-order valence-corrected chi connectivity index (χ0v) is 14.8. The summed E-state index contributed by atoms with van der Waals surface area (Å²) < 4.78 is 7.03. The standard InChI is InChI=1S/C18H18N4O5/c1-11(16-7-12-5-3-4-6-15(12)27-16)20-17(23)9-19-18(24)14-8-13(22(25)26)10-21(14)2/h3-8,10-11H,9H2,1-2H3,(H,19,24)(H,20,23). The lowest BCUT2D eigenvalue weighted by Gasteiger charge is -2.12. The molecule has 9 heteroatoms. The number of hydrogen-bond donors (Lipinski definition) is 2. The summed E-state index contributed by atoms with van der Waals surface area (Å²) >= 11 is 0. The highest BCUT2D eigenvalue weighted by atomic mass is 16.6. The van der Waals surface area contributed by atoms with Crippen LogP contribution < -0.4 is 10.6 Å². The van der Waals surface area contributed by atoms with E-state index in [2.05, 4.69) is 10.6 Å². The Morgan fingerprint density at radius 2 is 2.04 bits per heavy atom. The van der Waals surface area contributed by atoms with Gasteiger partial charge in [-0.15, -0.1) is 0 Å². The molecule has 1 unspecified atom stereocenters. The highest BCUT2D eigenvalue weighted by Gasteiger charge is 2.19. The van der Waals surface area contributed by atoms with Crippen LogP contribution in [0.5, 0.6) is 0 Å². The third kappa shape index (κ3) is 3.97. The van der Waals surface area contributed by atoms with E-state index in [1.165, 1.54) is 17.8 Å². The van der Waals surface area contributed by atoms with Crippen LogP contribution >= 0.6 is 0 Å². The van der Waals surface area contributed by atoms with Gasteiger partial charge in [-0.3, -0.25) is 19.7 Å². The summed E-state index contributed by atoms with van der Waals surface area (Å²) in [6, 6.07) is 10.1. The molecule has 0 fully saturated rings. The number of nitro groups is 1. The Morgan fingerprint density at radius 3 is 2.70 bits per heavy atom. The average Bonchev–Trinajstić information content (AvgIpc) is 3.23. The van der Waals surface area contributed by atoms with Crippen LogP contribution in [0, 0.1) is 10.1 Å². The number of rotatable bonds is 6. The first kappa shape index (κ1) is 18.2. The van der Waals surface area contributed by atoms with Gasteiger partial charge in [0.15, 0.2) is 0 Å². The molecule has 9 nitrogen and oxygen atoms in total. The van der Waals surface area contributed by atoms with Gasteiger partial charge in [0.05, 0.1) is 23.7 Å². The molecular formula is C18H18N4O5. The Labute approximate surface area is 154 Å². The average molecular weight is 370 g/mol. The number of nitrogens with one attached hydrogen (secondary N) is 2. The minimum Gasteiger partial charge on any atom is -0.459 e. The van der Waals surface area contributed by atoms with E-state index in [0.29, 0.717) is 5.76 Å². The van der Waals surface area contributed by atoms with Crippen LogP contribution in [0.1, 0.15) is 29.2 Å². The molecule has 0 radical (unpaired) electrons. The van der Waals surface area contributed by atoms with Crippen molar-refractivity contribution in [3.05, 3.63) is 64.2 Å². The van der Waals surface area contributed by atoms with E-state index in [4.69, 9.17) is 4.42 Å². The van der Waals surface area contributed by atoms with Crippen LogP contribution in [0.3, 0.4) is 0 Å². The van der Waals surface area contributed by atoms with E-state index < -0.39 is 16.7 Å². The van der Waals surface area contributed by atoms with Gasteiger partial charge in [-0.25, -0.2) is 0 Å². The summed E-state index contributed by atoms with van der Waals surface area (Å²) in [5.74, 6) is -0.369. The number of fused-ring (bicyclic) bond motifs is 1. The molecule has 1 aromatic carbocycles. The van der Waals surface area contributed by atoms with Crippen molar-refractivity contribution in [1.82, 2.24) is 15.2 Å². The minimum atomic E-state index is -0.585. The summed E-state index contributed by atoms with van der Waals surface area (Å²) in [6.45, 7) is 1.51. The predicted octanol–water partition coefficient (Wildman–Crippen LogP) is 2.29. The number of carbonyl (C=O) groups excluding carboxylic acids is 2. The van der Waals surface area contributed by atoms with Crippen molar-refractivity contribution >= 4 is 28.5 Å². The van der Waals surface area contributed by atoms with Gasteiger partial charge < -0.3 is 19.6 Å². The Morgan fingerprint density at radius 1 is 1.30 bits per heavy atom. The number of hydrogen-bond acceptors (Lipinski definition) is 5. The second-order valence-electron chi connectivity index (χ2n) is 6.11. The van der Waals surface area contributed by atoms with Gasteiger partial charge in [-0.2, -0.15) is 0 Å². The van der Waals surface area contributed by atoms with E-state index in [1.54, 1.807) is 6.92 Å². The monoisotopic (exact) mass is 370 g/mol. The van der Waals surface area contributed by atoms with E-state index in [0.717, 1.165) is 17.0 Å². The third-order valence-corrected chi connectivity index (χ3v) is 4.09. The van der Waals surface area contributed by atoms with Crippen molar-refractivity contribution in [3.8, 4) is 0 Å². The zero-order valence-electron chi connectivity index (χ0n) is 14.8. The molecule has 1 atom stereocenters. The van der Waals surface area contributed by atoms with Crippen LogP contribution in [0.2, 0.25) is 0 Å². The van der Waals surface area contributed by atoms with Crippen LogP contribution in [0.25, 0.3) is 11.0 Å². The number of carbonyl (C=O) groups is 2. The normalized spacial score (nSPS) is 11.9. The maximum Gasteiger partial charge on any atom is 0.287 e. The maximum absolute atomic E-state index is 12.1. The fraction of sp³-hybridized carbons (Fsp3) is 0.222. The number of furan rings is 1. The number of benzene rings is 1. The van der Waals surface area contributed by atoms with Gasteiger partial charge in [0.1, 0.15) is 17.0 Å². The maximum atomic E-state index is 12.1.